The molecule has 1 saturated heterocycles. The summed E-state index contributed by atoms with van der Waals surface area (Å²) in [5, 5.41) is 9.94. The molecule has 0 radical (unpaired) electrons. The predicted molar refractivity (Wildman–Crippen MR) is 90.8 cm³/mol. The van der Waals surface area contributed by atoms with Crippen LogP contribution in [0.4, 0.5) is 0 Å². The molecular weight excluding hydrogens is 292 g/mol. The first kappa shape index (κ1) is 17.7. The maximum Gasteiger partial charge on any atom is 0.277 e. The summed E-state index contributed by atoms with van der Waals surface area (Å²) >= 11 is 0. The molecule has 1 aromatic rings. The number of piperidine rings is 1. The second-order valence-corrected chi connectivity index (χ2v) is 6.10. The maximum absolute atomic E-state index is 12.9. The summed E-state index contributed by atoms with van der Waals surface area (Å²) in [6, 6.07) is 0. The Kier molecular flexibility index (Phi) is 6.33. The molecule has 2 heterocycles. The smallest absolute Gasteiger partial charge is 0.277 e. The first-order chi connectivity index (χ1) is 11.1. The molecule has 6 heteroatoms. The first-order valence-corrected chi connectivity index (χ1v) is 8.72. The molecule has 1 aliphatic rings. The van der Waals surface area contributed by atoms with Crippen molar-refractivity contribution in [2.45, 2.75) is 46.5 Å². The van der Waals surface area contributed by atoms with Gasteiger partial charge in [-0.2, -0.15) is 5.10 Å². The average molecular weight is 320 g/mol. The van der Waals surface area contributed by atoms with Gasteiger partial charge in [-0.1, -0.05) is 20.8 Å². The summed E-state index contributed by atoms with van der Waals surface area (Å²) in [6.45, 7) is 9.49. The van der Waals surface area contributed by atoms with Crippen molar-refractivity contribution in [3.05, 3.63) is 27.2 Å². The Hall–Kier alpha value is -1.69. The maximum atomic E-state index is 12.9. The number of amides is 1. The van der Waals surface area contributed by atoms with Gasteiger partial charge in [0, 0.05) is 13.1 Å². The fourth-order valence-electron chi connectivity index (χ4n) is 3.27. The summed E-state index contributed by atoms with van der Waals surface area (Å²) in [5.41, 5.74) is 1.55. The zero-order chi connectivity index (χ0) is 16.8. The molecule has 0 bridgehead atoms. The van der Waals surface area contributed by atoms with Crippen molar-refractivity contribution in [1.29, 1.82) is 0 Å². The standard InChI is InChI=1S/C17H28N4O2/c1-4-13-14(5-2)19-20-16(22)15(13)17(23)21-9-7-12(8-10-21)11-18-6-3/h12,18H,4-11H2,1-3H3,(H,20,22). The van der Waals surface area contributed by atoms with Crippen LogP contribution in [0, 0.1) is 5.92 Å². The van der Waals surface area contributed by atoms with E-state index >= 15 is 0 Å². The Labute approximate surface area is 137 Å². The average Bonchev–Trinajstić information content (AvgIpc) is 2.59. The highest BCUT2D eigenvalue weighted by Gasteiger charge is 2.27. The topological polar surface area (TPSA) is 78.1 Å². The zero-order valence-corrected chi connectivity index (χ0v) is 14.4. The highest BCUT2D eigenvalue weighted by molar-refractivity contribution is 5.95. The van der Waals surface area contributed by atoms with E-state index in [1.807, 2.05) is 18.7 Å². The molecule has 6 nitrogen and oxygen atoms in total. The van der Waals surface area contributed by atoms with Crippen LogP contribution in [-0.4, -0.2) is 47.2 Å². The molecule has 0 spiro atoms. The van der Waals surface area contributed by atoms with Crippen LogP contribution < -0.4 is 10.9 Å². The molecule has 0 saturated carbocycles. The quantitative estimate of drug-likeness (QED) is 0.829. The molecule has 0 aliphatic carbocycles. The van der Waals surface area contributed by atoms with Crippen molar-refractivity contribution in [2.75, 3.05) is 26.2 Å². The van der Waals surface area contributed by atoms with Crippen LogP contribution in [0.1, 0.15) is 55.2 Å². The van der Waals surface area contributed by atoms with Crippen molar-refractivity contribution in [1.82, 2.24) is 20.4 Å². The van der Waals surface area contributed by atoms with E-state index in [2.05, 4.69) is 22.4 Å². The number of aromatic nitrogens is 2. The van der Waals surface area contributed by atoms with Gasteiger partial charge < -0.3 is 10.2 Å². The van der Waals surface area contributed by atoms with Gasteiger partial charge >= 0.3 is 0 Å². The van der Waals surface area contributed by atoms with Crippen LogP contribution >= 0.6 is 0 Å². The molecule has 1 fully saturated rings. The normalized spacial score (nSPS) is 15.9. The zero-order valence-electron chi connectivity index (χ0n) is 14.4. The van der Waals surface area contributed by atoms with Crippen molar-refractivity contribution in [2.24, 2.45) is 5.92 Å². The number of carbonyl (C=O) groups is 1. The predicted octanol–water partition coefficient (Wildman–Crippen LogP) is 1.36. The fourth-order valence-corrected chi connectivity index (χ4v) is 3.27. The van der Waals surface area contributed by atoms with E-state index in [0.29, 0.717) is 24.3 Å². The Bertz CT molecular complexity index is 589. The summed E-state index contributed by atoms with van der Waals surface area (Å²) in [6.07, 6.45) is 3.34. The molecule has 0 atom stereocenters. The van der Waals surface area contributed by atoms with E-state index in [1.54, 1.807) is 0 Å². The van der Waals surface area contributed by atoms with Gasteiger partial charge in [0.25, 0.3) is 11.5 Å². The number of nitrogens with zero attached hydrogens (tertiary/aromatic N) is 2. The fraction of sp³-hybridized carbons (Fsp3) is 0.706. The second kappa shape index (κ2) is 8.24. The van der Waals surface area contributed by atoms with E-state index in [-0.39, 0.29) is 11.5 Å². The third kappa shape index (κ3) is 3.99. The Morgan fingerprint density at radius 2 is 1.96 bits per heavy atom. The molecule has 23 heavy (non-hydrogen) atoms. The van der Waals surface area contributed by atoms with Gasteiger partial charge in [-0.3, -0.25) is 9.59 Å². The lowest BCUT2D eigenvalue weighted by molar-refractivity contribution is 0.0687. The first-order valence-electron chi connectivity index (χ1n) is 8.72. The number of carbonyl (C=O) groups excluding carboxylic acids is 1. The number of likely N-dealkylation sites (tertiary alicyclic amines) is 1. The molecule has 0 aromatic carbocycles. The van der Waals surface area contributed by atoms with E-state index < -0.39 is 0 Å². The van der Waals surface area contributed by atoms with E-state index in [0.717, 1.165) is 50.3 Å². The number of nitrogens with one attached hydrogen (secondary N) is 2. The minimum absolute atomic E-state index is 0.137. The molecule has 2 rings (SSSR count). The lowest BCUT2D eigenvalue weighted by atomic mass is 9.95. The van der Waals surface area contributed by atoms with Crippen molar-refractivity contribution >= 4 is 5.91 Å². The number of aromatic amines is 1. The third-order valence-corrected chi connectivity index (χ3v) is 4.66. The van der Waals surface area contributed by atoms with Gasteiger partial charge in [0.05, 0.1) is 5.69 Å². The van der Waals surface area contributed by atoms with Crippen molar-refractivity contribution in [3.8, 4) is 0 Å². The molecular formula is C17H28N4O2. The summed E-state index contributed by atoms with van der Waals surface area (Å²) < 4.78 is 0. The lowest BCUT2D eigenvalue weighted by Gasteiger charge is -2.32. The van der Waals surface area contributed by atoms with Crippen LogP contribution in [0.25, 0.3) is 0 Å². The Morgan fingerprint density at radius 1 is 1.26 bits per heavy atom. The number of hydrogen-bond acceptors (Lipinski definition) is 4. The summed E-state index contributed by atoms with van der Waals surface area (Å²) in [5.74, 6) is 0.480. The highest BCUT2D eigenvalue weighted by atomic mass is 16.2. The van der Waals surface area contributed by atoms with Crippen molar-refractivity contribution < 1.29 is 4.79 Å². The Morgan fingerprint density at radius 3 is 2.52 bits per heavy atom. The SMILES string of the molecule is CCNCC1CCN(C(=O)c2c(CC)c(CC)n[nH]c2=O)CC1. The monoisotopic (exact) mass is 320 g/mol. The number of hydrogen-bond donors (Lipinski definition) is 2. The molecule has 1 aromatic heterocycles. The van der Waals surface area contributed by atoms with Crippen LogP contribution in [0.5, 0.6) is 0 Å². The molecule has 1 amide bonds. The van der Waals surface area contributed by atoms with Crippen molar-refractivity contribution in [3.63, 3.8) is 0 Å². The minimum Gasteiger partial charge on any atom is -0.338 e. The minimum atomic E-state index is -0.362. The summed E-state index contributed by atoms with van der Waals surface area (Å²) in [7, 11) is 0. The van der Waals surface area contributed by atoms with E-state index in [1.165, 1.54) is 0 Å². The van der Waals surface area contributed by atoms with E-state index in [4.69, 9.17) is 0 Å². The molecule has 128 valence electrons. The molecule has 0 unspecified atom stereocenters. The molecule has 2 N–H and O–H groups in total. The Balaban J connectivity index is 2.14. The van der Waals surface area contributed by atoms with Gasteiger partial charge in [0.15, 0.2) is 0 Å². The van der Waals surface area contributed by atoms with Crippen LogP contribution in [0.15, 0.2) is 4.79 Å². The van der Waals surface area contributed by atoms with Crippen LogP contribution in [0.3, 0.4) is 0 Å². The second-order valence-electron chi connectivity index (χ2n) is 6.10. The largest absolute Gasteiger partial charge is 0.338 e. The van der Waals surface area contributed by atoms with Crippen LogP contribution in [-0.2, 0) is 12.8 Å². The van der Waals surface area contributed by atoms with Gasteiger partial charge in [0.1, 0.15) is 5.56 Å². The lowest BCUT2D eigenvalue weighted by Crippen LogP contribution is -2.43. The van der Waals surface area contributed by atoms with E-state index in [9.17, 15) is 9.59 Å². The van der Waals surface area contributed by atoms with Gasteiger partial charge in [0.2, 0.25) is 0 Å². The summed E-state index contributed by atoms with van der Waals surface area (Å²) in [4.78, 5) is 26.9. The van der Waals surface area contributed by atoms with Gasteiger partial charge in [-0.15, -0.1) is 0 Å². The number of aryl methyl sites for hydroxylation is 1. The van der Waals surface area contributed by atoms with Gasteiger partial charge in [-0.05, 0) is 50.3 Å². The molecule has 1 aliphatic heterocycles. The number of rotatable bonds is 6. The third-order valence-electron chi connectivity index (χ3n) is 4.66. The van der Waals surface area contributed by atoms with Gasteiger partial charge in [-0.25, -0.2) is 5.10 Å². The highest BCUT2D eigenvalue weighted by Crippen LogP contribution is 2.19. The van der Waals surface area contributed by atoms with Crippen LogP contribution in [0.2, 0.25) is 0 Å². The number of H-pyrrole nitrogens is 1.